The van der Waals surface area contributed by atoms with Gasteiger partial charge in [-0.05, 0) is 60.9 Å². The molecule has 1 saturated heterocycles. The first-order valence-corrected chi connectivity index (χ1v) is 9.78. The normalized spacial score (nSPS) is 18.4. The highest BCUT2D eigenvalue weighted by Crippen LogP contribution is 2.44. The summed E-state index contributed by atoms with van der Waals surface area (Å²) in [5.74, 6) is -0.249. The molecule has 1 fully saturated rings. The summed E-state index contributed by atoms with van der Waals surface area (Å²) in [6.45, 7) is 1.44. The summed E-state index contributed by atoms with van der Waals surface area (Å²) in [6, 6.07) is 18.1. The summed E-state index contributed by atoms with van der Waals surface area (Å²) >= 11 is 0. The summed E-state index contributed by atoms with van der Waals surface area (Å²) < 4.78 is 15.9. The zero-order valence-corrected chi connectivity index (χ0v) is 15.8. The fraction of sp³-hybridized carbons (Fsp3) is 0.261. The second-order valence-corrected chi connectivity index (χ2v) is 7.78. The number of rotatable bonds is 2. The third-order valence-electron chi connectivity index (χ3n) is 6.17. The van der Waals surface area contributed by atoms with Crippen molar-refractivity contribution in [2.75, 3.05) is 18.4 Å². The fourth-order valence-corrected chi connectivity index (χ4v) is 4.58. The van der Waals surface area contributed by atoms with Crippen LogP contribution in [0.4, 0.5) is 10.1 Å². The number of aromatic nitrogens is 1. The van der Waals surface area contributed by atoms with Crippen LogP contribution in [0.25, 0.3) is 5.69 Å². The minimum Gasteiger partial charge on any atom is -0.374 e. The first-order valence-electron chi connectivity index (χ1n) is 9.78. The van der Waals surface area contributed by atoms with Crippen LogP contribution in [-0.2, 0) is 5.54 Å². The molecular weight excluding hydrogens is 367 g/mol. The lowest BCUT2D eigenvalue weighted by Crippen LogP contribution is -2.50. The van der Waals surface area contributed by atoms with Crippen LogP contribution in [0, 0.1) is 17.1 Å². The number of likely N-dealkylation sites (tertiary alicyclic amines) is 1. The number of hydrogen-bond donors (Lipinski definition) is 2. The number of anilines is 1. The van der Waals surface area contributed by atoms with E-state index < -0.39 is 6.23 Å². The predicted molar refractivity (Wildman–Crippen MR) is 108 cm³/mol. The van der Waals surface area contributed by atoms with Gasteiger partial charge < -0.3 is 15.0 Å². The molecule has 3 heterocycles. The molecule has 6 heteroatoms. The Kier molecular flexibility index (Phi) is 4.16. The lowest BCUT2D eigenvalue weighted by atomic mass is 9.82. The summed E-state index contributed by atoms with van der Waals surface area (Å²) in [5, 5.41) is 23.4. The Balaban J connectivity index is 1.38. The summed E-state index contributed by atoms with van der Waals surface area (Å²) in [6.07, 6.45) is 2.92. The number of fused-ring (bicyclic) bond motifs is 4. The van der Waals surface area contributed by atoms with E-state index in [-0.39, 0.29) is 11.4 Å². The largest absolute Gasteiger partial charge is 0.374 e. The van der Waals surface area contributed by atoms with Crippen LogP contribution in [0.5, 0.6) is 0 Å². The highest BCUT2D eigenvalue weighted by atomic mass is 19.1. The van der Waals surface area contributed by atoms with Crippen molar-refractivity contribution in [3.8, 4) is 11.8 Å². The Bertz CT molecular complexity index is 1090. The summed E-state index contributed by atoms with van der Waals surface area (Å²) in [5.41, 5.74) is 4.02. The quantitative estimate of drug-likeness (QED) is 0.699. The SMILES string of the molecule is N#Cc1ccc(C(O)N2CCC3(CC2)Nc2ccc(F)cc2-n2cccc23)cc1. The van der Waals surface area contributed by atoms with Gasteiger partial charge in [-0.25, -0.2) is 4.39 Å². The van der Waals surface area contributed by atoms with Gasteiger partial charge in [0.2, 0.25) is 0 Å². The Morgan fingerprint density at radius 2 is 1.86 bits per heavy atom. The van der Waals surface area contributed by atoms with E-state index in [9.17, 15) is 9.50 Å². The lowest BCUT2D eigenvalue weighted by molar-refractivity contribution is -0.0219. The van der Waals surface area contributed by atoms with Gasteiger partial charge in [0.05, 0.1) is 28.5 Å². The van der Waals surface area contributed by atoms with Crippen LogP contribution >= 0.6 is 0 Å². The number of benzene rings is 2. The maximum absolute atomic E-state index is 13.8. The highest BCUT2D eigenvalue weighted by Gasteiger charge is 2.42. The highest BCUT2D eigenvalue weighted by molar-refractivity contribution is 5.67. The number of nitrogens with one attached hydrogen (secondary N) is 1. The average Bonchev–Trinajstić information content (AvgIpc) is 3.26. The van der Waals surface area contributed by atoms with Gasteiger partial charge in [-0.15, -0.1) is 0 Å². The Morgan fingerprint density at radius 1 is 1.10 bits per heavy atom. The van der Waals surface area contributed by atoms with E-state index in [1.807, 2.05) is 24.4 Å². The minimum atomic E-state index is -0.697. The molecule has 0 aliphatic carbocycles. The number of hydrogen-bond acceptors (Lipinski definition) is 4. The molecule has 0 bridgehead atoms. The molecular formula is C23H21FN4O. The molecule has 2 aliphatic heterocycles. The molecule has 0 radical (unpaired) electrons. The van der Waals surface area contributed by atoms with E-state index in [2.05, 4.69) is 26.9 Å². The van der Waals surface area contributed by atoms with Crippen molar-refractivity contribution in [2.24, 2.45) is 0 Å². The second-order valence-electron chi connectivity index (χ2n) is 7.78. The Hall–Kier alpha value is -3.14. The molecule has 2 aromatic carbocycles. The van der Waals surface area contributed by atoms with E-state index in [0.29, 0.717) is 5.56 Å². The Labute approximate surface area is 168 Å². The molecule has 5 rings (SSSR count). The minimum absolute atomic E-state index is 0.241. The first kappa shape index (κ1) is 17.9. The maximum Gasteiger partial charge on any atom is 0.133 e. The monoisotopic (exact) mass is 388 g/mol. The van der Waals surface area contributed by atoms with Gasteiger partial charge in [0.25, 0.3) is 0 Å². The number of piperidine rings is 1. The van der Waals surface area contributed by atoms with Crippen molar-refractivity contribution in [3.05, 3.63) is 83.4 Å². The van der Waals surface area contributed by atoms with E-state index in [1.54, 1.807) is 24.3 Å². The van der Waals surface area contributed by atoms with Gasteiger partial charge in [-0.2, -0.15) is 5.26 Å². The van der Waals surface area contributed by atoms with Crippen molar-refractivity contribution < 1.29 is 9.50 Å². The molecule has 3 aromatic rings. The predicted octanol–water partition coefficient (Wildman–Crippen LogP) is 3.90. The van der Waals surface area contributed by atoms with Crippen LogP contribution in [0.3, 0.4) is 0 Å². The van der Waals surface area contributed by atoms with Gasteiger partial charge in [-0.1, -0.05) is 12.1 Å². The van der Waals surface area contributed by atoms with Gasteiger partial charge in [0, 0.05) is 25.0 Å². The first-order chi connectivity index (χ1) is 14.1. The fourth-order valence-electron chi connectivity index (χ4n) is 4.58. The van der Waals surface area contributed by atoms with E-state index in [0.717, 1.165) is 48.6 Å². The maximum atomic E-state index is 13.8. The second kappa shape index (κ2) is 6.73. The summed E-state index contributed by atoms with van der Waals surface area (Å²) in [7, 11) is 0. The van der Waals surface area contributed by atoms with E-state index >= 15 is 0 Å². The molecule has 1 spiro atoms. The molecule has 0 saturated carbocycles. The third-order valence-corrected chi connectivity index (χ3v) is 6.17. The van der Waals surface area contributed by atoms with Crippen LogP contribution in [0.2, 0.25) is 0 Å². The Morgan fingerprint density at radius 3 is 2.59 bits per heavy atom. The molecule has 2 N–H and O–H groups in total. The van der Waals surface area contributed by atoms with Gasteiger partial charge >= 0.3 is 0 Å². The number of halogens is 1. The molecule has 0 amide bonds. The molecule has 1 atom stereocenters. The van der Waals surface area contributed by atoms with Crippen molar-refractivity contribution >= 4 is 5.69 Å². The zero-order valence-electron chi connectivity index (χ0n) is 15.8. The van der Waals surface area contributed by atoms with Crippen LogP contribution in [0.15, 0.2) is 60.8 Å². The van der Waals surface area contributed by atoms with Gasteiger partial charge in [0.1, 0.15) is 12.0 Å². The van der Waals surface area contributed by atoms with E-state index in [1.165, 1.54) is 6.07 Å². The van der Waals surface area contributed by atoms with Crippen LogP contribution < -0.4 is 5.32 Å². The molecule has 1 aromatic heterocycles. The smallest absolute Gasteiger partial charge is 0.133 e. The molecule has 2 aliphatic rings. The van der Waals surface area contributed by atoms with Crippen molar-refractivity contribution in [1.82, 2.24) is 9.47 Å². The van der Waals surface area contributed by atoms with Crippen molar-refractivity contribution in [2.45, 2.75) is 24.6 Å². The van der Waals surface area contributed by atoms with Gasteiger partial charge in [-0.3, -0.25) is 4.90 Å². The topological polar surface area (TPSA) is 64.2 Å². The number of nitriles is 1. The number of aliphatic hydroxyl groups is 1. The third kappa shape index (κ3) is 2.91. The average molecular weight is 388 g/mol. The molecule has 146 valence electrons. The standard InChI is InChI=1S/C23H21FN4O/c24-18-7-8-19-20(14-18)28-11-1-2-21(28)23(26-19)9-12-27(13-10-23)22(29)17-5-3-16(15-25)4-6-17/h1-8,11,14,22,26,29H,9-10,12-13H2. The summed E-state index contributed by atoms with van der Waals surface area (Å²) in [4.78, 5) is 2.06. The van der Waals surface area contributed by atoms with Crippen molar-refractivity contribution in [3.63, 3.8) is 0 Å². The van der Waals surface area contributed by atoms with Gasteiger partial charge in [0.15, 0.2) is 0 Å². The van der Waals surface area contributed by atoms with Crippen LogP contribution in [0.1, 0.15) is 35.9 Å². The molecule has 29 heavy (non-hydrogen) atoms. The number of nitrogens with zero attached hydrogens (tertiary/aromatic N) is 3. The van der Waals surface area contributed by atoms with Crippen molar-refractivity contribution in [1.29, 1.82) is 5.26 Å². The number of aliphatic hydroxyl groups excluding tert-OH is 1. The van der Waals surface area contributed by atoms with E-state index in [4.69, 9.17) is 5.26 Å². The molecule has 5 nitrogen and oxygen atoms in total. The lowest BCUT2D eigenvalue weighted by Gasteiger charge is -2.47. The zero-order chi connectivity index (χ0) is 20.0. The van der Waals surface area contributed by atoms with Crippen LogP contribution in [-0.4, -0.2) is 27.7 Å². The molecule has 1 unspecified atom stereocenters.